The summed E-state index contributed by atoms with van der Waals surface area (Å²) in [5.74, 6) is -0.708. The van der Waals surface area contributed by atoms with E-state index in [1.54, 1.807) is 0 Å². The summed E-state index contributed by atoms with van der Waals surface area (Å²) in [4.78, 5) is 39.1. The highest BCUT2D eigenvalue weighted by atomic mass is 16.2. The van der Waals surface area contributed by atoms with Gasteiger partial charge in [-0.1, -0.05) is 54.1 Å². The number of imide groups is 1. The molecule has 0 radical (unpaired) electrons. The van der Waals surface area contributed by atoms with E-state index in [0.29, 0.717) is 6.42 Å². The first-order chi connectivity index (χ1) is 13.4. The van der Waals surface area contributed by atoms with Gasteiger partial charge in [0.2, 0.25) is 5.91 Å². The molecule has 144 valence electrons. The summed E-state index contributed by atoms with van der Waals surface area (Å²) in [7, 11) is 0. The van der Waals surface area contributed by atoms with Gasteiger partial charge in [0.25, 0.3) is 5.91 Å². The number of benzene rings is 2. The molecule has 1 fully saturated rings. The molecular weight excluding hydrogens is 354 g/mol. The van der Waals surface area contributed by atoms with Crippen molar-refractivity contribution in [3.8, 4) is 0 Å². The van der Waals surface area contributed by atoms with E-state index in [1.807, 2.05) is 62.4 Å². The fourth-order valence-electron chi connectivity index (χ4n) is 4.10. The van der Waals surface area contributed by atoms with Crippen molar-refractivity contribution in [2.24, 2.45) is 0 Å². The molecule has 1 aliphatic heterocycles. The van der Waals surface area contributed by atoms with E-state index in [9.17, 15) is 14.4 Å². The van der Waals surface area contributed by atoms with Crippen LogP contribution in [0.1, 0.15) is 41.6 Å². The number of rotatable bonds is 4. The van der Waals surface area contributed by atoms with Crippen molar-refractivity contribution in [3.63, 3.8) is 0 Å². The van der Waals surface area contributed by atoms with Crippen molar-refractivity contribution >= 4 is 17.8 Å². The number of nitrogens with one attached hydrogen (secondary N) is 2. The Balaban J connectivity index is 1.47. The predicted octanol–water partition coefficient (Wildman–Crippen LogP) is 2.57. The number of hydrogen-bond donors (Lipinski definition) is 2. The summed E-state index contributed by atoms with van der Waals surface area (Å²) in [6, 6.07) is 14.8. The molecule has 1 spiro atoms. The van der Waals surface area contributed by atoms with Crippen molar-refractivity contribution < 1.29 is 14.4 Å². The van der Waals surface area contributed by atoms with E-state index in [2.05, 4.69) is 10.6 Å². The lowest BCUT2D eigenvalue weighted by atomic mass is 9.92. The summed E-state index contributed by atoms with van der Waals surface area (Å²) < 4.78 is 0. The number of carbonyl (C=O) groups is 3. The molecule has 0 saturated carbocycles. The van der Waals surface area contributed by atoms with Crippen LogP contribution in [0.25, 0.3) is 0 Å². The number of hydrogen-bond acceptors (Lipinski definition) is 3. The molecule has 1 heterocycles. The van der Waals surface area contributed by atoms with E-state index in [1.165, 1.54) is 0 Å². The summed E-state index contributed by atoms with van der Waals surface area (Å²) in [5.41, 5.74) is 2.98. The second-order valence-corrected chi connectivity index (χ2v) is 7.58. The molecule has 4 amide bonds. The van der Waals surface area contributed by atoms with Gasteiger partial charge in [0.1, 0.15) is 12.1 Å². The third-order valence-electron chi connectivity index (χ3n) is 5.68. The standard InChI is InChI=1S/C22H23N3O3/c1-14-7-9-16(10-8-14)15(2)23-19(26)13-25-20(27)22(24-21(25)28)12-11-17-5-3-4-6-18(17)22/h3-10,15H,11-13H2,1-2H3,(H,23,26)(H,24,28). The van der Waals surface area contributed by atoms with Gasteiger partial charge >= 0.3 is 6.03 Å². The van der Waals surface area contributed by atoms with Crippen LogP contribution in [0.5, 0.6) is 0 Å². The first kappa shape index (κ1) is 18.2. The van der Waals surface area contributed by atoms with E-state index in [4.69, 9.17) is 0 Å². The van der Waals surface area contributed by atoms with Crippen LogP contribution in [0.2, 0.25) is 0 Å². The van der Waals surface area contributed by atoms with Crippen molar-refractivity contribution in [1.82, 2.24) is 15.5 Å². The summed E-state index contributed by atoms with van der Waals surface area (Å²) in [6.07, 6.45) is 1.25. The average Bonchev–Trinajstić information content (AvgIpc) is 3.16. The van der Waals surface area contributed by atoms with Crippen molar-refractivity contribution in [2.45, 2.75) is 38.3 Å². The molecule has 2 aromatic carbocycles. The molecule has 2 N–H and O–H groups in total. The Bertz CT molecular complexity index is 954. The second kappa shape index (κ2) is 6.78. The van der Waals surface area contributed by atoms with Crippen LogP contribution in [0, 0.1) is 6.92 Å². The van der Waals surface area contributed by atoms with Crippen LogP contribution in [-0.2, 0) is 21.5 Å². The molecule has 0 bridgehead atoms. The lowest BCUT2D eigenvalue weighted by molar-refractivity contribution is -0.135. The molecule has 2 aromatic rings. The summed E-state index contributed by atoms with van der Waals surface area (Å²) in [5, 5.41) is 5.71. The smallest absolute Gasteiger partial charge is 0.325 e. The quantitative estimate of drug-likeness (QED) is 0.804. The third kappa shape index (κ3) is 2.95. The van der Waals surface area contributed by atoms with Crippen LogP contribution in [0.3, 0.4) is 0 Å². The van der Waals surface area contributed by atoms with Crippen LogP contribution in [-0.4, -0.2) is 29.3 Å². The number of aryl methyl sites for hydroxylation is 2. The maximum Gasteiger partial charge on any atom is 0.325 e. The number of amides is 4. The van der Waals surface area contributed by atoms with Gasteiger partial charge in [0.05, 0.1) is 6.04 Å². The Kier molecular flexibility index (Phi) is 4.41. The topological polar surface area (TPSA) is 78.5 Å². The van der Waals surface area contributed by atoms with Crippen LogP contribution in [0.15, 0.2) is 48.5 Å². The van der Waals surface area contributed by atoms with Crippen LogP contribution in [0.4, 0.5) is 4.79 Å². The Morgan fingerprint density at radius 2 is 1.89 bits per heavy atom. The van der Waals surface area contributed by atoms with Gasteiger partial charge in [-0.05, 0) is 43.4 Å². The molecular formula is C22H23N3O3. The Labute approximate surface area is 163 Å². The molecule has 2 atom stereocenters. The zero-order valence-corrected chi connectivity index (χ0v) is 16.0. The SMILES string of the molecule is Cc1ccc(C(C)NC(=O)CN2C(=O)NC3(CCc4ccccc43)C2=O)cc1. The second-order valence-electron chi connectivity index (χ2n) is 7.58. The van der Waals surface area contributed by atoms with E-state index in [0.717, 1.165) is 33.6 Å². The minimum absolute atomic E-state index is 0.213. The number of fused-ring (bicyclic) bond motifs is 2. The molecule has 4 rings (SSSR count). The van der Waals surface area contributed by atoms with Crippen molar-refractivity contribution in [1.29, 1.82) is 0 Å². The average molecular weight is 377 g/mol. The van der Waals surface area contributed by atoms with Crippen LogP contribution < -0.4 is 10.6 Å². The first-order valence-electron chi connectivity index (χ1n) is 9.49. The van der Waals surface area contributed by atoms with Crippen molar-refractivity contribution in [2.75, 3.05) is 6.54 Å². The summed E-state index contributed by atoms with van der Waals surface area (Å²) >= 11 is 0. The Morgan fingerprint density at radius 3 is 2.64 bits per heavy atom. The van der Waals surface area contributed by atoms with Gasteiger partial charge in [-0.25, -0.2) is 4.79 Å². The zero-order valence-electron chi connectivity index (χ0n) is 16.0. The molecule has 6 heteroatoms. The van der Waals surface area contributed by atoms with E-state index in [-0.39, 0.29) is 24.4 Å². The lowest BCUT2D eigenvalue weighted by Gasteiger charge is -2.22. The van der Waals surface area contributed by atoms with Crippen molar-refractivity contribution in [3.05, 3.63) is 70.8 Å². The third-order valence-corrected chi connectivity index (χ3v) is 5.68. The highest BCUT2D eigenvalue weighted by Gasteiger charge is 2.55. The molecule has 6 nitrogen and oxygen atoms in total. The number of carbonyl (C=O) groups excluding carboxylic acids is 3. The monoisotopic (exact) mass is 377 g/mol. The van der Waals surface area contributed by atoms with Gasteiger partial charge < -0.3 is 10.6 Å². The zero-order chi connectivity index (χ0) is 19.9. The van der Waals surface area contributed by atoms with E-state index >= 15 is 0 Å². The highest BCUT2D eigenvalue weighted by Crippen LogP contribution is 2.41. The van der Waals surface area contributed by atoms with Gasteiger partial charge in [0, 0.05) is 0 Å². The molecule has 2 aliphatic rings. The molecule has 1 aliphatic carbocycles. The van der Waals surface area contributed by atoms with Gasteiger partial charge in [-0.3, -0.25) is 14.5 Å². The minimum atomic E-state index is -1.03. The van der Waals surface area contributed by atoms with Gasteiger partial charge in [-0.15, -0.1) is 0 Å². The number of nitrogens with zero attached hydrogens (tertiary/aromatic N) is 1. The maximum atomic E-state index is 13.1. The molecule has 2 unspecified atom stereocenters. The normalized spacial score (nSPS) is 21.6. The lowest BCUT2D eigenvalue weighted by Crippen LogP contribution is -2.44. The molecule has 0 aromatic heterocycles. The number of urea groups is 1. The van der Waals surface area contributed by atoms with Gasteiger partial charge in [-0.2, -0.15) is 0 Å². The summed E-state index contributed by atoms with van der Waals surface area (Å²) in [6.45, 7) is 3.59. The fraction of sp³-hybridized carbons (Fsp3) is 0.318. The first-order valence-corrected chi connectivity index (χ1v) is 9.49. The Morgan fingerprint density at radius 1 is 1.18 bits per heavy atom. The minimum Gasteiger partial charge on any atom is -0.348 e. The van der Waals surface area contributed by atoms with Gasteiger partial charge in [0.15, 0.2) is 0 Å². The predicted molar refractivity (Wildman–Crippen MR) is 104 cm³/mol. The van der Waals surface area contributed by atoms with Crippen LogP contribution >= 0.6 is 0 Å². The largest absolute Gasteiger partial charge is 0.348 e. The van der Waals surface area contributed by atoms with E-state index < -0.39 is 11.6 Å². The Hall–Kier alpha value is -3.15. The molecule has 1 saturated heterocycles. The highest BCUT2D eigenvalue weighted by molar-refractivity contribution is 6.09. The fourth-order valence-corrected chi connectivity index (χ4v) is 4.10. The maximum absolute atomic E-state index is 13.1. The molecule has 28 heavy (non-hydrogen) atoms.